The van der Waals surface area contributed by atoms with Crippen molar-refractivity contribution < 1.29 is 19.1 Å². The largest absolute Gasteiger partial charge is 0.465 e. The molecule has 2 aliphatic carbocycles. The highest BCUT2D eigenvalue weighted by Crippen LogP contribution is 2.52. The molecular weight excluding hydrogens is 352 g/mol. The SMILES string of the molecule is Cc1ccccc1C(=O)OC1CCCC1(C(=O)OCC(C)C)C1CCCCC1. The molecule has 4 nitrogen and oxygen atoms in total. The number of hydrogen-bond donors (Lipinski definition) is 0. The van der Waals surface area contributed by atoms with Crippen molar-refractivity contribution in [1.29, 1.82) is 0 Å². The molecule has 2 unspecified atom stereocenters. The van der Waals surface area contributed by atoms with Gasteiger partial charge in [-0.15, -0.1) is 0 Å². The summed E-state index contributed by atoms with van der Waals surface area (Å²) in [4.78, 5) is 26.3. The highest BCUT2D eigenvalue weighted by Gasteiger charge is 2.57. The molecule has 0 bridgehead atoms. The van der Waals surface area contributed by atoms with Gasteiger partial charge >= 0.3 is 11.9 Å². The number of aryl methyl sites for hydroxylation is 1. The molecule has 2 saturated carbocycles. The molecular formula is C24H34O4. The molecule has 0 N–H and O–H groups in total. The van der Waals surface area contributed by atoms with Crippen LogP contribution in [0.1, 0.15) is 81.1 Å². The molecule has 0 amide bonds. The maximum atomic E-state index is 13.4. The molecule has 0 radical (unpaired) electrons. The molecule has 2 atom stereocenters. The number of esters is 2. The van der Waals surface area contributed by atoms with Gasteiger partial charge < -0.3 is 9.47 Å². The molecule has 2 fully saturated rings. The fourth-order valence-corrected chi connectivity index (χ4v) is 5.02. The zero-order valence-corrected chi connectivity index (χ0v) is 17.5. The lowest BCUT2D eigenvalue weighted by atomic mass is 9.66. The van der Waals surface area contributed by atoms with E-state index in [4.69, 9.17) is 9.47 Å². The van der Waals surface area contributed by atoms with Crippen LogP contribution < -0.4 is 0 Å². The fraction of sp³-hybridized carbons (Fsp3) is 0.667. The number of carbonyl (C=O) groups is 2. The highest BCUT2D eigenvalue weighted by atomic mass is 16.6. The second kappa shape index (κ2) is 9.11. The first kappa shape index (κ1) is 20.9. The molecule has 154 valence electrons. The summed E-state index contributed by atoms with van der Waals surface area (Å²) in [5.74, 6) is 0.0786. The van der Waals surface area contributed by atoms with E-state index in [1.165, 1.54) is 6.42 Å². The van der Waals surface area contributed by atoms with Crippen LogP contribution in [-0.2, 0) is 14.3 Å². The molecule has 1 aromatic carbocycles. The Hall–Kier alpha value is -1.84. The first-order chi connectivity index (χ1) is 13.4. The van der Waals surface area contributed by atoms with E-state index >= 15 is 0 Å². The summed E-state index contributed by atoms with van der Waals surface area (Å²) < 4.78 is 11.8. The van der Waals surface area contributed by atoms with Gasteiger partial charge in [-0.2, -0.15) is 0 Å². The molecule has 1 aromatic rings. The Labute approximate surface area is 169 Å². The maximum absolute atomic E-state index is 13.4. The minimum absolute atomic E-state index is 0.145. The van der Waals surface area contributed by atoms with Crippen LogP contribution in [0.25, 0.3) is 0 Å². The third-order valence-corrected chi connectivity index (χ3v) is 6.51. The Balaban J connectivity index is 1.85. The van der Waals surface area contributed by atoms with E-state index < -0.39 is 5.41 Å². The van der Waals surface area contributed by atoms with Crippen LogP contribution in [0.15, 0.2) is 24.3 Å². The van der Waals surface area contributed by atoms with Crippen LogP contribution in [0.3, 0.4) is 0 Å². The minimum Gasteiger partial charge on any atom is -0.465 e. The number of hydrogen-bond acceptors (Lipinski definition) is 4. The average Bonchev–Trinajstić information content (AvgIpc) is 3.11. The second-order valence-electron chi connectivity index (χ2n) is 8.97. The van der Waals surface area contributed by atoms with Gasteiger partial charge in [-0.3, -0.25) is 4.79 Å². The lowest BCUT2D eigenvalue weighted by Gasteiger charge is -2.41. The zero-order chi connectivity index (χ0) is 20.1. The van der Waals surface area contributed by atoms with Gasteiger partial charge in [0.1, 0.15) is 11.5 Å². The predicted molar refractivity (Wildman–Crippen MR) is 109 cm³/mol. The van der Waals surface area contributed by atoms with E-state index in [1.54, 1.807) is 6.07 Å². The Kier molecular flexibility index (Phi) is 6.79. The summed E-state index contributed by atoms with van der Waals surface area (Å²) >= 11 is 0. The first-order valence-corrected chi connectivity index (χ1v) is 10.9. The molecule has 28 heavy (non-hydrogen) atoms. The van der Waals surface area contributed by atoms with Crippen molar-refractivity contribution in [3.8, 4) is 0 Å². The van der Waals surface area contributed by atoms with Crippen molar-refractivity contribution in [3.05, 3.63) is 35.4 Å². The quantitative estimate of drug-likeness (QED) is 0.608. The Bertz CT molecular complexity index is 690. The van der Waals surface area contributed by atoms with E-state index in [-0.39, 0.29) is 24.0 Å². The van der Waals surface area contributed by atoms with Crippen LogP contribution >= 0.6 is 0 Å². The molecule has 0 aliphatic heterocycles. The van der Waals surface area contributed by atoms with Crippen LogP contribution in [0.2, 0.25) is 0 Å². The van der Waals surface area contributed by atoms with Gasteiger partial charge in [0.2, 0.25) is 0 Å². The van der Waals surface area contributed by atoms with Gasteiger partial charge in [0.25, 0.3) is 0 Å². The Morgan fingerprint density at radius 1 is 1.07 bits per heavy atom. The van der Waals surface area contributed by atoms with E-state index in [0.717, 1.165) is 50.5 Å². The van der Waals surface area contributed by atoms with Gasteiger partial charge in [0, 0.05) is 0 Å². The Morgan fingerprint density at radius 2 is 1.79 bits per heavy atom. The molecule has 0 saturated heterocycles. The van der Waals surface area contributed by atoms with E-state index in [2.05, 4.69) is 0 Å². The van der Waals surface area contributed by atoms with E-state index in [9.17, 15) is 9.59 Å². The Morgan fingerprint density at radius 3 is 2.46 bits per heavy atom. The number of rotatable bonds is 6. The fourth-order valence-electron chi connectivity index (χ4n) is 5.02. The van der Waals surface area contributed by atoms with Crippen molar-refractivity contribution >= 4 is 11.9 Å². The van der Waals surface area contributed by atoms with Crippen molar-refractivity contribution in [2.45, 2.75) is 78.2 Å². The summed E-state index contributed by atoms with van der Waals surface area (Å²) in [7, 11) is 0. The van der Waals surface area contributed by atoms with Gasteiger partial charge in [-0.1, -0.05) is 51.3 Å². The molecule has 4 heteroatoms. The van der Waals surface area contributed by atoms with E-state index in [0.29, 0.717) is 18.1 Å². The monoisotopic (exact) mass is 386 g/mol. The summed E-state index contributed by atoms with van der Waals surface area (Å²) in [5, 5.41) is 0. The van der Waals surface area contributed by atoms with Crippen molar-refractivity contribution in [3.63, 3.8) is 0 Å². The third kappa shape index (κ3) is 4.26. The number of benzene rings is 1. The summed E-state index contributed by atoms with van der Waals surface area (Å²) in [5.41, 5.74) is 0.812. The van der Waals surface area contributed by atoms with E-state index in [1.807, 2.05) is 39.0 Å². The lowest BCUT2D eigenvalue weighted by Crippen LogP contribution is -2.48. The summed E-state index contributed by atoms with van der Waals surface area (Å²) in [6.07, 6.45) is 7.57. The van der Waals surface area contributed by atoms with Gasteiger partial charge in [-0.05, 0) is 62.5 Å². The molecule has 0 heterocycles. The first-order valence-electron chi connectivity index (χ1n) is 10.9. The predicted octanol–water partition coefficient (Wildman–Crippen LogP) is 5.47. The normalized spacial score (nSPS) is 25.6. The van der Waals surface area contributed by atoms with Gasteiger partial charge in [-0.25, -0.2) is 4.79 Å². The van der Waals surface area contributed by atoms with Crippen LogP contribution in [0.5, 0.6) is 0 Å². The topological polar surface area (TPSA) is 52.6 Å². The third-order valence-electron chi connectivity index (χ3n) is 6.51. The lowest BCUT2D eigenvalue weighted by molar-refractivity contribution is -0.169. The minimum atomic E-state index is -0.673. The van der Waals surface area contributed by atoms with Crippen molar-refractivity contribution in [1.82, 2.24) is 0 Å². The molecule has 2 aliphatic rings. The van der Waals surface area contributed by atoms with Crippen molar-refractivity contribution in [2.75, 3.05) is 6.61 Å². The van der Waals surface area contributed by atoms with Crippen LogP contribution in [-0.4, -0.2) is 24.6 Å². The molecule has 3 rings (SSSR count). The maximum Gasteiger partial charge on any atom is 0.338 e. The number of ether oxygens (including phenoxy) is 2. The van der Waals surface area contributed by atoms with Crippen molar-refractivity contribution in [2.24, 2.45) is 17.3 Å². The highest BCUT2D eigenvalue weighted by molar-refractivity contribution is 5.91. The smallest absolute Gasteiger partial charge is 0.338 e. The zero-order valence-electron chi connectivity index (χ0n) is 17.5. The summed E-state index contributed by atoms with van der Waals surface area (Å²) in [6.45, 7) is 6.43. The molecule has 0 spiro atoms. The molecule has 0 aromatic heterocycles. The van der Waals surface area contributed by atoms with Crippen LogP contribution in [0.4, 0.5) is 0 Å². The van der Waals surface area contributed by atoms with Gasteiger partial charge in [0.15, 0.2) is 0 Å². The average molecular weight is 387 g/mol. The number of carbonyl (C=O) groups excluding carboxylic acids is 2. The van der Waals surface area contributed by atoms with Gasteiger partial charge in [0.05, 0.1) is 12.2 Å². The standard InChI is InChI=1S/C24H34O4/c1-17(2)16-27-23(26)24(19-11-5-4-6-12-19)15-9-14-21(24)28-22(25)20-13-8-7-10-18(20)3/h7-8,10,13,17,19,21H,4-6,9,11-12,14-16H2,1-3H3. The second-order valence-corrected chi connectivity index (χ2v) is 8.97. The van der Waals surface area contributed by atoms with Crippen LogP contribution in [0, 0.1) is 24.2 Å². The summed E-state index contributed by atoms with van der Waals surface area (Å²) in [6, 6.07) is 7.48.